The van der Waals surface area contributed by atoms with Crippen LogP contribution in [0.5, 0.6) is 5.75 Å². The van der Waals surface area contributed by atoms with Gasteiger partial charge >= 0.3 is 0 Å². The van der Waals surface area contributed by atoms with Gasteiger partial charge in [0.2, 0.25) is 0 Å². The SMILES string of the molecule is COCc1ccc(C(=O)NNC(=O)c2ccccc2O)cc1. The number of amides is 2. The molecule has 2 rings (SSSR count). The molecule has 6 nitrogen and oxygen atoms in total. The molecule has 2 aromatic carbocycles. The normalized spacial score (nSPS) is 10.0. The van der Waals surface area contributed by atoms with Crippen LogP contribution in [0.3, 0.4) is 0 Å². The van der Waals surface area contributed by atoms with Crippen molar-refractivity contribution in [3.63, 3.8) is 0 Å². The summed E-state index contributed by atoms with van der Waals surface area (Å²) in [7, 11) is 1.59. The van der Waals surface area contributed by atoms with Crippen LogP contribution in [0.1, 0.15) is 26.3 Å². The number of para-hydroxylation sites is 1. The molecule has 0 atom stereocenters. The lowest BCUT2D eigenvalue weighted by Crippen LogP contribution is -2.41. The van der Waals surface area contributed by atoms with Crippen LogP contribution in [-0.4, -0.2) is 24.0 Å². The second-order valence-electron chi connectivity index (χ2n) is 4.56. The molecule has 0 saturated carbocycles. The Labute approximate surface area is 127 Å². The van der Waals surface area contributed by atoms with Crippen LogP contribution in [0.4, 0.5) is 0 Å². The minimum absolute atomic E-state index is 0.0817. The number of benzene rings is 2. The van der Waals surface area contributed by atoms with E-state index < -0.39 is 11.8 Å². The van der Waals surface area contributed by atoms with E-state index in [0.29, 0.717) is 12.2 Å². The van der Waals surface area contributed by atoms with Gasteiger partial charge in [0.05, 0.1) is 12.2 Å². The lowest BCUT2D eigenvalue weighted by molar-refractivity contribution is 0.0845. The molecule has 0 saturated heterocycles. The van der Waals surface area contributed by atoms with E-state index in [1.807, 2.05) is 0 Å². The fraction of sp³-hybridized carbons (Fsp3) is 0.125. The zero-order valence-electron chi connectivity index (χ0n) is 12.0. The number of hydrogen-bond acceptors (Lipinski definition) is 4. The van der Waals surface area contributed by atoms with Crippen molar-refractivity contribution >= 4 is 11.8 Å². The van der Waals surface area contributed by atoms with Crippen LogP contribution in [0, 0.1) is 0 Å². The maximum absolute atomic E-state index is 11.9. The average Bonchev–Trinajstić information content (AvgIpc) is 2.54. The topological polar surface area (TPSA) is 87.7 Å². The summed E-state index contributed by atoms with van der Waals surface area (Å²) in [4.78, 5) is 23.8. The van der Waals surface area contributed by atoms with Gasteiger partial charge in [0, 0.05) is 12.7 Å². The molecule has 0 spiro atoms. The van der Waals surface area contributed by atoms with Crippen LogP contribution in [0.25, 0.3) is 0 Å². The molecule has 2 amide bonds. The third kappa shape index (κ3) is 3.83. The minimum Gasteiger partial charge on any atom is -0.507 e. The van der Waals surface area contributed by atoms with E-state index in [9.17, 15) is 14.7 Å². The number of hydrogen-bond donors (Lipinski definition) is 3. The molecule has 6 heteroatoms. The summed E-state index contributed by atoms with van der Waals surface area (Å²) in [5.41, 5.74) is 5.97. The fourth-order valence-electron chi connectivity index (χ4n) is 1.84. The van der Waals surface area contributed by atoms with Gasteiger partial charge in [-0.15, -0.1) is 0 Å². The Kier molecular flexibility index (Phi) is 5.11. The maximum Gasteiger partial charge on any atom is 0.273 e. The average molecular weight is 300 g/mol. The maximum atomic E-state index is 11.9. The summed E-state index contributed by atoms with van der Waals surface area (Å²) < 4.78 is 4.99. The molecule has 0 aliphatic carbocycles. The first-order chi connectivity index (χ1) is 10.6. The number of ether oxygens (including phenoxy) is 1. The molecule has 0 aliphatic rings. The van der Waals surface area contributed by atoms with Crippen molar-refractivity contribution in [3.8, 4) is 5.75 Å². The number of nitrogens with one attached hydrogen (secondary N) is 2. The number of phenolic OH excluding ortho intramolecular Hbond substituents is 1. The monoisotopic (exact) mass is 300 g/mol. The number of rotatable bonds is 4. The molecular weight excluding hydrogens is 284 g/mol. The Morgan fingerprint density at radius 2 is 1.64 bits per heavy atom. The lowest BCUT2D eigenvalue weighted by Gasteiger charge is -2.09. The number of carbonyl (C=O) groups is 2. The fourth-order valence-corrected chi connectivity index (χ4v) is 1.84. The van der Waals surface area contributed by atoms with Gasteiger partial charge in [0.1, 0.15) is 5.75 Å². The van der Waals surface area contributed by atoms with E-state index in [0.717, 1.165) is 5.56 Å². The Balaban J connectivity index is 1.95. The Bertz CT molecular complexity index is 668. The van der Waals surface area contributed by atoms with Gasteiger partial charge in [0.25, 0.3) is 11.8 Å². The summed E-state index contributed by atoms with van der Waals surface area (Å²) >= 11 is 0. The molecule has 0 radical (unpaired) electrons. The number of carbonyl (C=O) groups excluding carboxylic acids is 2. The van der Waals surface area contributed by atoms with E-state index in [1.165, 1.54) is 12.1 Å². The first-order valence-electron chi connectivity index (χ1n) is 6.58. The molecule has 114 valence electrons. The van der Waals surface area contributed by atoms with Crippen molar-refractivity contribution in [2.75, 3.05) is 7.11 Å². The van der Waals surface area contributed by atoms with Gasteiger partial charge in [-0.3, -0.25) is 20.4 Å². The predicted octanol–water partition coefficient (Wildman–Crippen LogP) is 1.61. The highest BCUT2D eigenvalue weighted by Gasteiger charge is 2.12. The van der Waals surface area contributed by atoms with Gasteiger partial charge in [-0.2, -0.15) is 0 Å². The molecule has 0 unspecified atom stereocenters. The second kappa shape index (κ2) is 7.24. The summed E-state index contributed by atoms with van der Waals surface area (Å²) in [5, 5.41) is 9.56. The second-order valence-corrected chi connectivity index (χ2v) is 4.56. The van der Waals surface area contributed by atoms with Crippen LogP contribution >= 0.6 is 0 Å². The summed E-state index contributed by atoms with van der Waals surface area (Å²) in [6, 6.07) is 12.9. The number of methoxy groups -OCH3 is 1. The van der Waals surface area contributed by atoms with Gasteiger partial charge in [-0.25, -0.2) is 0 Å². The molecule has 0 bridgehead atoms. The molecule has 2 aromatic rings. The van der Waals surface area contributed by atoms with Crippen LogP contribution in [0.15, 0.2) is 48.5 Å². The molecule has 3 N–H and O–H groups in total. The third-order valence-corrected chi connectivity index (χ3v) is 2.97. The first kappa shape index (κ1) is 15.5. The standard InChI is InChI=1S/C16H16N2O4/c1-22-10-11-6-8-12(9-7-11)15(20)17-18-16(21)13-4-2-3-5-14(13)19/h2-9,19H,10H2,1H3,(H,17,20)(H,18,21). The molecular formula is C16H16N2O4. The van der Waals surface area contributed by atoms with Gasteiger partial charge in [0.15, 0.2) is 0 Å². The summed E-state index contributed by atoms with van der Waals surface area (Å²) in [6.07, 6.45) is 0. The highest BCUT2D eigenvalue weighted by atomic mass is 16.5. The summed E-state index contributed by atoms with van der Waals surface area (Å²) in [6.45, 7) is 0.464. The third-order valence-electron chi connectivity index (χ3n) is 2.97. The van der Waals surface area contributed by atoms with E-state index in [2.05, 4.69) is 10.9 Å². The summed E-state index contributed by atoms with van der Waals surface area (Å²) in [5.74, 6) is -1.20. The van der Waals surface area contributed by atoms with E-state index in [4.69, 9.17) is 4.74 Å². The lowest BCUT2D eigenvalue weighted by atomic mass is 10.1. The van der Waals surface area contributed by atoms with Crippen LogP contribution in [0.2, 0.25) is 0 Å². The Hall–Kier alpha value is -2.86. The smallest absolute Gasteiger partial charge is 0.273 e. The number of aromatic hydroxyl groups is 1. The highest BCUT2D eigenvalue weighted by Crippen LogP contribution is 2.14. The van der Waals surface area contributed by atoms with E-state index in [-0.39, 0.29) is 11.3 Å². The van der Waals surface area contributed by atoms with Gasteiger partial charge < -0.3 is 9.84 Å². The van der Waals surface area contributed by atoms with Crippen molar-refractivity contribution in [1.29, 1.82) is 0 Å². The molecule has 0 aromatic heterocycles. The van der Waals surface area contributed by atoms with Crippen LogP contribution in [-0.2, 0) is 11.3 Å². The Morgan fingerprint density at radius 3 is 2.27 bits per heavy atom. The molecule has 0 aliphatic heterocycles. The zero-order chi connectivity index (χ0) is 15.9. The zero-order valence-corrected chi connectivity index (χ0v) is 12.0. The van der Waals surface area contributed by atoms with Gasteiger partial charge in [-0.1, -0.05) is 24.3 Å². The van der Waals surface area contributed by atoms with Crippen molar-refractivity contribution in [2.24, 2.45) is 0 Å². The van der Waals surface area contributed by atoms with Gasteiger partial charge in [-0.05, 0) is 29.8 Å². The first-order valence-corrected chi connectivity index (χ1v) is 6.58. The van der Waals surface area contributed by atoms with Crippen molar-refractivity contribution < 1.29 is 19.4 Å². The molecule has 22 heavy (non-hydrogen) atoms. The van der Waals surface area contributed by atoms with E-state index >= 15 is 0 Å². The Morgan fingerprint density at radius 1 is 1.00 bits per heavy atom. The van der Waals surface area contributed by atoms with Crippen LogP contribution < -0.4 is 10.9 Å². The number of hydrazine groups is 1. The van der Waals surface area contributed by atoms with E-state index in [1.54, 1.807) is 43.5 Å². The molecule has 0 heterocycles. The largest absolute Gasteiger partial charge is 0.507 e. The number of phenols is 1. The van der Waals surface area contributed by atoms with Crippen molar-refractivity contribution in [3.05, 3.63) is 65.2 Å². The quantitative estimate of drug-likeness (QED) is 0.749. The van der Waals surface area contributed by atoms with Crippen molar-refractivity contribution in [2.45, 2.75) is 6.61 Å². The predicted molar refractivity (Wildman–Crippen MR) is 80.2 cm³/mol. The molecule has 0 fully saturated rings. The minimum atomic E-state index is -0.595. The van der Waals surface area contributed by atoms with Crippen molar-refractivity contribution in [1.82, 2.24) is 10.9 Å². The highest BCUT2D eigenvalue weighted by molar-refractivity contribution is 6.00.